The van der Waals surface area contributed by atoms with E-state index in [1.54, 1.807) is 31.4 Å². The maximum absolute atomic E-state index is 12.9. The molecule has 0 radical (unpaired) electrons. The number of hydrogen-bond donors (Lipinski definition) is 1. The molecule has 0 unspecified atom stereocenters. The van der Waals surface area contributed by atoms with Crippen molar-refractivity contribution in [2.45, 2.75) is 20.1 Å². The number of ether oxygens (including phenoxy) is 5. The summed E-state index contributed by atoms with van der Waals surface area (Å²) in [6.45, 7) is 2.84. The lowest BCUT2D eigenvalue weighted by Gasteiger charge is -2.16. The average molecular weight is 672 g/mol. The predicted octanol–water partition coefficient (Wildman–Crippen LogP) is 7.35. The Labute approximate surface area is 270 Å². The zero-order valence-electron chi connectivity index (χ0n) is 25.0. The third kappa shape index (κ3) is 8.87. The number of rotatable bonds is 13. The monoisotopic (exact) mass is 670 g/mol. The number of nitrogens with one attached hydrogen (secondary N) is 1. The largest absolute Gasteiger partial charge is 0.493 e. The van der Waals surface area contributed by atoms with Gasteiger partial charge in [-0.2, -0.15) is 5.26 Å². The van der Waals surface area contributed by atoms with Crippen LogP contribution >= 0.6 is 15.9 Å². The molecule has 0 spiro atoms. The molecule has 230 valence electrons. The van der Waals surface area contributed by atoms with Gasteiger partial charge in [0.1, 0.15) is 24.9 Å². The van der Waals surface area contributed by atoms with Gasteiger partial charge in [0.25, 0.3) is 5.91 Å². The second-order valence-corrected chi connectivity index (χ2v) is 10.4. The van der Waals surface area contributed by atoms with E-state index in [0.29, 0.717) is 57.5 Å². The van der Waals surface area contributed by atoms with Crippen LogP contribution in [0.4, 0.5) is 5.69 Å². The first-order chi connectivity index (χ1) is 21.8. The van der Waals surface area contributed by atoms with E-state index in [1.165, 1.54) is 25.3 Å². The van der Waals surface area contributed by atoms with Crippen LogP contribution < -0.4 is 24.3 Å². The molecule has 0 atom stereocenters. The molecule has 0 aromatic heterocycles. The van der Waals surface area contributed by atoms with E-state index in [-0.39, 0.29) is 12.2 Å². The Kier molecular flexibility index (Phi) is 11.6. The first-order valence-electron chi connectivity index (χ1n) is 13.9. The van der Waals surface area contributed by atoms with E-state index in [4.69, 9.17) is 18.9 Å². The molecule has 45 heavy (non-hydrogen) atoms. The number of carbonyl (C=O) groups is 2. The summed E-state index contributed by atoms with van der Waals surface area (Å²) in [5, 5.41) is 12.4. The number of nitriles is 1. The van der Waals surface area contributed by atoms with Crippen molar-refractivity contribution >= 4 is 39.6 Å². The van der Waals surface area contributed by atoms with Gasteiger partial charge in [0.15, 0.2) is 23.0 Å². The molecule has 0 aliphatic rings. The lowest BCUT2D eigenvalue weighted by molar-refractivity contribution is -0.112. The van der Waals surface area contributed by atoms with Crippen LogP contribution in [0.3, 0.4) is 0 Å². The molecule has 4 aromatic carbocycles. The molecule has 0 saturated heterocycles. The number of carbonyl (C=O) groups excluding carboxylic acids is 2. The van der Waals surface area contributed by atoms with E-state index in [1.807, 2.05) is 61.5 Å². The zero-order valence-corrected chi connectivity index (χ0v) is 26.6. The summed E-state index contributed by atoms with van der Waals surface area (Å²) in [6, 6.07) is 27.0. The van der Waals surface area contributed by atoms with Crippen molar-refractivity contribution in [1.82, 2.24) is 0 Å². The summed E-state index contributed by atoms with van der Waals surface area (Å²) in [6.07, 6.45) is 1.45. The van der Waals surface area contributed by atoms with Gasteiger partial charge in [-0.05, 0) is 94.2 Å². The number of anilines is 1. The van der Waals surface area contributed by atoms with Crippen LogP contribution in [0.15, 0.2) is 95.0 Å². The van der Waals surface area contributed by atoms with E-state index >= 15 is 0 Å². The molecule has 1 N–H and O–H groups in total. The van der Waals surface area contributed by atoms with Gasteiger partial charge in [-0.3, -0.25) is 4.79 Å². The number of methoxy groups -OCH3 is 2. The molecule has 0 aliphatic carbocycles. The quantitative estimate of drug-likeness (QED) is 0.0892. The molecule has 1 amide bonds. The second-order valence-electron chi connectivity index (χ2n) is 9.50. The number of benzene rings is 4. The molecule has 9 nitrogen and oxygen atoms in total. The van der Waals surface area contributed by atoms with E-state index < -0.39 is 11.9 Å². The van der Waals surface area contributed by atoms with E-state index in [2.05, 4.69) is 26.0 Å². The Morgan fingerprint density at radius 1 is 0.844 bits per heavy atom. The third-order valence-corrected chi connectivity index (χ3v) is 7.01. The molecule has 0 heterocycles. The minimum absolute atomic E-state index is 0.128. The summed E-state index contributed by atoms with van der Waals surface area (Å²) < 4.78 is 28.8. The van der Waals surface area contributed by atoms with Gasteiger partial charge in [0.2, 0.25) is 0 Å². The number of hydrogen-bond acceptors (Lipinski definition) is 8. The second kappa shape index (κ2) is 16.0. The molecule has 0 saturated carbocycles. The Morgan fingerprint density at radius 3 is 2.24 bits per heavy atom. The van der Waals surface area contributed by atoms with Crippen LogP contribution in [0.2, 0.25) is 0 Å². The Hall–Kier alpha value is -5.27. The van der Waals surface area contributed by atoms with Gasteiger partial charge in [-0.15, -0.1) is 0 Å². The highest BCUT2D eigenvalue weighted by atomic mass is 79.9. The average Bonchev–Trinajstić information content (AvgIpc) is 3.06. The maximum Gasteiger partial charge on any atom is 0.337 e. The zero-order chi connectivity index (χ0) is 32.2. The number of amides is 1. The Bertz CT molecular complexity index is 1710. The molecule has 0 aliphatic heterocycles. The van der Waals surface area contributed by atoms with Crippen molar-refractivity contribution in [2.24, 2.45) is 0 Å². The predicted molar refractivity (Wildman–Crippen MR) is 173 cm³/mol. The molecule has 0 bridgehead atoms. The summed E-state index contributed by atoms with van der Waals surface area (Å²) in [5.74, 6) is 1.000. The first kappa shape index (κ1) is 32.6. The summed E-state index contributed by atoms with van der Waals surface area (Å²) in [5.41, 5.74) is 3.07. The lowest BCUT2D eigenvalue weighted by Crippen LogP contribution is -2.13. The van der Waals surface area contributed by atoms with Crippen LogP contribution in [-0.2, 0) is 22.7 Å². The van der Waals surface area contributed by atoms with Crippen molar-refractivity contribution in [2.75, 3.05) is 26.1 Å². The van der Waals surface area contributed by atoms with Gasteiger partial charge in [-0.1, -0.05) is 36.4 Å². The highest BCUT2D eigenvalue weighted by Crippen LogP contribution is 2.38. The van der Waals surface area contributed by atoms with Crippen LogP contribution in [0.1, 0.15) is 34.0 Å². The summed E-state index contributed by atoms with van der Waals surface area (Å²) in [7, 11) is 2.87. The van der Waals surface area contributed by atoms with Crippen molar-refractivity contribution in [1.29, 1.82) is 5.26 Å². The van der Waals surface area contributed by atoms with Crippen LogP contribution in [0.5, 0.6) is 23.0 Å². The fourth-order valence-electron chi connectivity index (χ4n) is 4.21. The molecular weight excluding hydrogens is 640 g/mol. The van der Waals surface area contributed by atoms with Gasteiger partial charge in [0.05, 0.1) is 30.9 Å². The number of nitrogens with zero attached hydrogens (tertiary/aromatic N) is 1. The van der Waals surface area contributed by atoms with Crippen molar-refractivity contribution in [3.05, 3.63) is 117 Å². The normalized spacial score (nSPS) is 10.8. The highest BCUT2D eigenvalue weighted by molar-refractivity contribution is 9.10. The fourth-order valence-corrected chi connectivity index (χ4v) is 4.78. The Balaban J connectivity index is 1.47. The number of esters is 1. The number of halogens is 1. The van der Waals surface area contributed by atoms with Crippen LogP contribution in [-0.4, -0.2) is 32.7 Å². The lowest BCUT2D eigenvalue weighted by atomic mass is 10.1. The smallest absolute Gasteiger partial charge is 0.337 e. The van der Waals surface area contributed by atoms with Gasteiger partial charge in [0, 0.05) is 5.69 Å². The van der Waals surface area contributed by atoms with Crippen molar-refractivity contribution in [3.63, 3.8) is 0 Å². The van der Waals surface area contributed by atoms with Crippen LogP contribution in [0.25, 0.3) is 6.08 Å². The Morgan fingerprint density at radius 2 is 1.58 bits per heavy atom. The molecule has 4 rings (SSSR count). The van der Waals surface area contributed by atoms with Crippen LogP contribution in [0, 0.1) is 11.3 Å². The van der Waals surface area contributed by atoms with E-state index in [0.717, 1.165) is 11.1 Å². The maximum atomic E-state index is 12.9. The van der Waals surface area contributed by atoms with Gasteiger partial charge in [-0.25, -0.2) is 4.79 Å². The standard InChI is InChI=1S/C35H31BrN2O7/c1-4-43-32-19-25(16-27(20-37)34(39)38-28-13-11-26(12-14-28)35(40)42-3)17-29(36)33(32)45-22-24-10-15-30(31(18-24)41-2)44-21-23-8-6-5-7-9-23/h5-19H,4,21-22H2,1-3H3,(H,38,39)/b27-16-. The van der Waals surface area contributed by atoms with Crippen molar-refractivity contribution < 1.29 is 33.3 Å². The highest BCUT2D eigenvalue weighted by Gasteiger charge is 2.16. The summed E-state index contributed by atoms with van der Waals surface area (Å²) >= 11 is 3.55. The molecule has 10 heteroatoms. The SMILES string of the molecule is CCOc1cc(/C=C(/C#N)C(=O)Nc2ccc(C(=O)OC)cc2)cc(Br)c1OCc1ccc(OCc2ccccc2)c(OC)c1. The summed E-state index contributed by atoms with van der Waals surface area (Å²) in [4.78, 5) is 24.5. The third-order valence-electron chi connectivity index (χ3n) is 6.42. The topological polar surface area (TPSA) is 116 Å². The van der Waals surface area contributed by atoms with Gasteiger partial charge < -0.3 is 29.0 Å². The molecule has 4 aromatic rings. The van der Waals surface area contributed by atoms with Gasteiger partial charge >= 0.3 is 5.97 Å². The minimum atomic E-state index is -0.608. The van der Waals surface area contributed by atoms with Crippen molar-refractivity contribution in [3.8, 4) is 29.1 Å². The first-order valence-corrected chi connectivity index (χ1v) is 14.7. The van der Waals surface area contributed by atoms with E-state index in [9.17, 15) is 14.9 Å². The minimum Gasteiger partial charge on any atom is -0.493 e. The molecule has 0 fully saturated rings. The fraction of sp³-hybridized carbons (Fsp3) is 0.171. The molecular formula is C35H31BrN2O7.